The van der Waals surface area contributed by atoms with Crippen molar-refractivity contribution in [1.82, 2.24) is 0 Å². The molecule has 0 fully saturated rings. The molecular weight excluding hydrogens is 354 g/mol. The van der Waals surface area contributed by atoms with Gasteiger partial charge < -0.3 is 10.1 Å². The highest BCUT2D eigenvalue weighted by Gasteiger charge is 2.08. The van der Waals surface area contributed by atoms with E-state index >= 15 is 0 Å². The van der Waals surface area contributed by atoms with E-state index in [-0.39, 0.29) is 12.5 Å². The van der Waals surface area contributed by atoms with Gasteiger partial charge in [0.2, 0.25) is 0 Å². The van der Waals surface area contributed by atoms with Crippen molar-refractivity contribution in [2.24, 2.45) is 0 Å². The van der Waals surface area contributed by atoms with E-state index in [1.165, 1.54) is 5.56 Å². The number of rotatable bonds is 5. The van der Waals surface area contributed by atoms with Crippen molar-refractivity contribution in [3.8, 4) is 5.75 Å². The maximum Gasteiger partial charge on any atom is 0.262 e. The fraction of sp³-hybridized carbons (Fsp3) is 0.316. The second-order valence-electron chi connectivity index (χ2n) is 6.06. The number of halogens is 1. The molecule has 2 aromatic carbocycles. The van der Waals surface area contributed by atoms with Crippen LogP contribution in [0.2, 0.25) is 0 Å². The molecule has 122 valence electrons. The largest absolute Gasteiger partial charge is 0.483 e. The van der Waals surface area contributed by atoms with Gasteiger partial charge in [0.05, 0.1) is 4.47 Å². The summed E-state index contributed by atoms with van der Waals surface area (Å²) < 4.78 is 6.47. The molecule has 0 saturated carbocycles. The summed E-state index contributed by atoms with van der Waals surface area (Å²) in [6.07, 6.45) is 0. The molecule has 0 aliphatic carbocycles. The van der Waals surface area contributed by atoms with Crippen molar-refractivity contribution in [2.75, 3.05) is 11.9 Å². The van der Waals surface area contributed by atoms with Crippen LogP contribution in [0.25, 0.3) is 0 Å². The summed E-state index contributed by atoms with van der Waals surface area (Å²) in [5, 5.41) is 2.86. The summed E-state index contributed by atoms with van der Waals surface area (Å²) >= 11 is 3.49. The molecule has 1 N–H and O–H groups in total. The molecule has 0 spiro atoms. The number of nitrogens with one attached hydrogen (secondary N) is 1. The predicted octanol–water partition coefficient (Wildman–Crippen LogP) is 5.21. The lowest BCUT2D eigenvalue weighted by Crippen LogP contribution is -2.20. The third-order valence-electron chi connectivity index (χ3n) is 3.49. The molecule has 4 heteroatoms. The molecule has 0 bridgehead atoms. The first-order valence-corrected chi connectivity index (χ1v) is 8.45. The van der Waals surface area contributed by atoms with Gasteiger partial charge in [-0.15, -0.1) is 0 Å². The topological polar surface area (TPSA) is 38.3 Å². The Morgan fingerprint density at radius 3 is 2.35 bits per heavy atom. The van der Waals surface area contributed by atoms with Crippen molar-refractivity contribution in [3.05, 3.63) is 57.6 Å². The van der Waals surface area contributed by atoms with Crippen LogP contribution in [0.5, 0.6) is 5.75 Å². The Kier molecular flexibility index (Phi) is 5.83. The quantitative estimate of drug-likeness (QED) is 0.778. The number of carbonyl (C=O) groups excluding carboxylic acids is 1. The fourth-order valence-corrected chi connectivity index (χ4v) is 2.89. The molecule has 0 unspecified atom stereocenters. The fourth-order valence-electron chi connectivity index (χ4n) is 2.38. The molecule has 0 atom stereocenters. The standard InChI is InChI=1S/C19H22BrNO2/c1-12(2)15-5-6-18(17(20)10-15)23-11-19(22)21-16-8-13(3)7-14(4)9-16/h5-10,12H,11H2,1-4H3,(H,21,22). The van der Waals surface area contributed by atoms with Crippen LogP contribution in [0.4, 0.5) is 5.69 Å². The molecule has 0 aliphatic rings. The molecule has 3 nitrogen and oxygen atoms in total. The maximum absolute atomic E-state index is 12.0. The van der Waals surface area contributed by atoms with E-state index in [4.69, 9.17) is 4.74 Å². The van der Waals surface area contributed by atoms with Gasteiger partial charge in [0, 0.05) is 5.69 Å². The van der Waals surface area contributed by atoms with Crippen LogP contribution in [0.15, 0.2) is 40.9 Å². The number of amides is 1. The molecule has 23 heavy (non-hydrogen) atoms. The van der Waals surface area contributed by atoms with Crippen molar-refractivity contribution in [1.29, 1.82) is 0 Å². The average Bonchev–Trinajstić information content (AvgIpc) is 2.44. The Morgan fingerprint density at radius 2 is 1.78 bits per heavy atom. The third kappa shape index (κ3) is 5.10. The zero-order valence-electron chi connectivity index (χ0n) is 13.9. The lowest BCUT2D eigenvalue weighted by Gasteiger charge is -2.12. The van der Waals surface area contributed by atoms with E-state index in [1.54, 1.807) is 0 Å². The van der Waals surface area contributed by atoms with Crippen LogP contribution < -0.4 is 10.1 Å². The highest BCUT2D eigenvalue weighted by atomic mass is 79.9. The van der Waals surface area contributed by atoms with Gasteiger partial charge in [-0.2, -0.15) is 0 Å². The lowest BCUT2D eigenvalue weighted by atomic mass is 10.0. The summed E-state index contributed by atoms with van der Waals surface area (Å²) in [4.78, 5) is 12.0. The van der Waals surface area contributed by atoms with Crippen molar-refractivity contribution < 1.29 is 9.53 Å². The second kappa shape index (κ2) is 7.64. The number of carbonyl (C=O) groups is 1. The Morgan fingerprint density at radius 1 is 1.13 bits per heavy atom. The van der Waals surface area contributed by atoms with E-state index in [2.05, 4.69) is 41.2 Å². The molecule has 0 aromatic heterocycles. The number of hydrogen-bond donors (Lipinski definition) is 1. The van der Waals surface area contributed by atoms with Crippen LogP contribution in [0.1, 0.15) is 36.5 Å². The first kappa shape index (κ1) is 17.5. The highest BCUT2D eigenvalue weighted by Crippen LogP contribution is 2.28. The molecule has 0 heterocycles. The summed E-state index contributed by atoms with van der Waals surface area (Å²) in [6, 6.07) is 11.9. The predicted molar refractivity (Wildman–Crippen MR) is 98.3 cm³/mol. The van der Waals surface area contributed by atoms with Crippen LogP contribution in [-0.2, 0) is 4.79 Å². The maximum atomic E-state index is 12.0. The van der Waals surface area contributed by atoms with Gasteiger partial charge in [-0.05, 0) is 76.7 Å². The van der Waals surface area contributed by atoms with Gasteiger partial charge in [-0.3, -0.25) is 4.79 Å². The number of aryl methyl sites for hydroxylation is 2. The zero-order valence-corrected chi connectivity index (χ0v) is 15.5. The van der Waals surface area contributed by atoms with Gasteiger partial charge in [0.15, 0.2) is 6.61 Å². The minimum atomic E-state index is -0.171. The Balaban J connectivity index is 1.96. The first-order valence-electron chi connectivity index (χ1n) is 7.65. The molecule has 2 aromatic rings. The van der Waals surface area contributed by atoms with E-state index in [0.717, 1.165) is 21.3 Å². The minimum absolute atomic E-state index is 0.0212. The SMILES string of the molecule is Cc1cc(C)cc(NC(=O)COc2ccc(C(C)C)cc2Br)c1. The molecule has 0 aliphatic heterocycles. The molecule has 0 radical (unpaired) electrons. The van der Waals surface area contributed by atoms with Crippen LogP contribution in [-0.4, -0.2) is 12.5 Å². The van der Waals surface area contributed by atoms with Crippen molar-refractivity contribution in [3.63, 3.8) is 0 Å². The summed E-state index contributed by atoms with van der Waals surface area (Å²) in [7, 11) is 0. The van der Waals surface area contributed by atoms with E-state index in [9.17, 15) is 4.79 Å². The minimum Gasteiger partial charge on any atom is -0.483 e. The van der Waals surface area contributed by atoms with E-state index in [0.29, 0.717) is 11.7 Å². The van der Waals surface area contributed by atoms with Gasteiger partial charge in [0.1, 0.15) is 5.75 Å². The van der Waals surface area contributed by atoms with E-state index in [1.807, 2.05) is 44.2 Å². The molecule has 2 rings (SSSR count). The number of anilines is 1. The zero-order chi connectivity index (χ0) is 17.0. The first-order chi connectivity index (χ1) is 10.8. The van der Waals surface area contributed by atoms with Crippen molar-refractivity contribution in [2.45, 2.75) is 33.6 Å². The van der Waals surface area contributed by atoms with Crippen LogP contribution >= 0.6 is 15.9 Å². The van der Waals surface area contributed by atoms with Gasteiger partial charge in [0.25, 0.3) is 5.91 Å². The summed E-state index contributed by atoms with van der Waals surface area (Å²) in [5.74, 6) is 0.952. The Labute approximate surface area is 146 Å². The monoisotopic (exact) mass is 375 g/mol. The normalized spacial score (nSPS) is 10.7. The third-order valence-corrected chi connectivity index (χ3v) is 4.11. The number of ether oxygens (including phenoxy) is 1. The number of benzene rings is 2. The molecule has 1 amide bonds. The van der Waals surface area contributed by atoms with Crippen LogP contribution in [0, 0.1) is 13.8 Å². The molecular formula is C19H22BrNO2. The second-order valence-corrected chi connectivity index (χ2v) is 6.91. The smallest absolute Gasteiger partial charge is 0.262 e. The lowest BCUT2D eigenvalue weighted by molar-refractivity contribution is -0.118. The van der Waals surface area contributed by atoms with E-state index < -0.39 is 0 Å². The summed E-state index contributed by atoms with van der Waals surface area (Å²) in [5.41, 5.74) is 4.26. The highest BCUT2D eigenvalue weighted by molar-refractivity contribution is 9.10. The van der Waals surface area contributed by atoms with Crippen molar-refractivity contribution >= 4 is 27.5 Å². The van der Waals surface area contributed by atoms with Crippen LogP contribution in [0.3, 0.4) is 0 Å². The Hall–Kier alpha value is -1.81. The van der Waals surface area contributed by atoms with Gasteiger partial charge in [-0.25, -0.2) is 0 Å². The average molecular weight is 376 g/mol. The Bertz CT molecular complexity index is 690. The molecule has 0 saturated heterocycles. The van der Waals surface area contributed by atoms with Gasteiger partial charge in [-0.1, -0.05) is 26.0 Å². The summed E-state index contributed by atoms with van der Waals surface area (Å²) in [6.45, 7) is 8.27. The number of hydrogen-bond acceptors (Lipinski definition) is 2. The van der Waals surface area contributed by atoms with Gasteiger partial charge >= 0.3 is 0 Å².